The molecule has 0 saturated heterocycles. The molecule has 2 heteroatoms. The van der Waals surface area contributed by atoms with Crippen LogP contribution in [0.1, 0.15) is 53.4 Å². The van der Waals surface area contributed by atoms with E-state index in [1.807, 2.05) is 0 Å². The molecule has 0 fully saturated rings. The average Bonchev–Trinajstić information content (AvgIpc) is 2.19. The molecule has 92 valence electrons. The molecule has 0 aromatic carbocycles. The van der Waals surface area contributed by atoms with E-state index in [4.69, 9.17) is 0 Å². The van der Waals surface area contributed by atoms with Gasteiger partial charge in [0.1, 0.15) is 0 Å². The second kappa shape index (κ2) is 9.27. The van der Waals surface area contributed by atoms with Gasteiger partial charge in [0, 0.05) is 25.3 Å². The van der Waals surface area contributed by atoms with E-state index in [0.717, 1.165) is 25.8 Å². The van der Waals surface area contributed by atoms with Gasteiger partial charge in [0.15, 0.2) is 0 Å². The smallest absolute Gasteiger partial charge is 0.220 e. The quantitative estimate of drug-likeness (QED) is 0.544. The molecule has 0 spiro atoms. The van der Waals surface area contributed by atoms with Gasteiger partial charge in [0.25, 0.3) is 0 Å². The minimum atomic E-state index is 0.172. The van der Waals surface area contributed by atoms with Crippen molar-refractivity contribution in [3.05, 3.63) is 0 Å². The van der Waals surface area contributed by atoms with Crippen molar-refractivity contribution in [1.29, 1.82) is 0 Å². The Balaban J connectivity index is 3.39. The zero-order chi connectivity index (χ0) is 12.4. The summed E-state index contributed by atoms with van der Waals surface area (Å²) in [6, 6.07) is 0. The van der Waals surface area contributed by atoms with Crippen molar-refractivity contribution in [3.8, 4) is 11.8 Å². The first kappa shape index (κ1) is 15.0. The van der Waals surface area contributed by atoms with Crippen LogP contribution in [0.2, 0.25) is 0 Å². The Morgan fingerprint density at radius 3 is 2.50 bits per heavy atom. The number of rotatable bonds is 6. The highest BCUT2D eigenvalue weighted by molar-refractivity contribution is 5.75. The van der Waals surface area contributed by atoms with E-state index in [0.29, 0.717) is 18.3 Å². The fourth-order valence-electron chi connectivity index (χ4n) is 1.19. The van der Waals surface area contributed by atoms with Gasteiger partial charge < -0.3 is 5.32 Å². The summed E-state index contributed by atoms with van der Waals surface area (Å²) in [4.78, 5) is 11.3. The Hall–Kier alpha value is -0.970. The average molecular weight is 223 g/mol. The maximum Gasteiger partial charge on any atom is 0.220 e. The van der Waals surface area contributed by atoms with E-state index in [-0.39, 0.29) is 5.91 Å². The lowest BCUT2D eigenvalue weighted by Crippen LogP contribution is -2.24. The van der Waals surface area contributed by atoms with E-state index in [1.54, 1.807) is 0 Å². The van der Waals surface area contributed by atoms with E-state index < -0.39 is 0 Å². The fourth-order valence-corrected chi connectivity index (χ4v) is 1.19. The Morgan fingerprint density at radius 2 is 1.94 bits per heavy atom. The zero-order valence-corrected chi connectivity index (χ0v) is 11.1. The Bertz CT molecular complexity index is 245. The molecule has 0 aliphatic carbocycles. The first-order chi connectivity index (χ1) is 7.52. The fraction of sp³-hybridized carbons (Fsp3) is 0.786. The summed E-state index contributed by atoms with van der Waals surface area (Å²) in [7, 11) is 0. The molecule has 0 radical (unpaired) electrons. The summed E-state index contributed by atoms with van der Waals surface area (Å²) in [6.07, 6.45) is 3.45. The molecule has 0 atom stereocenters. The molecule has 0 aliphatic heterocycles. The zero-order valence-electron chi connectivity index (χ0n) is 11.1. The molecule has 0 rings (SSSR count). The lowest BCUT2D eigenvalue weighted by Gasteiger charge is -2.05. The van der Waals surface area contributed by atoms with Crippen LogP contribution < -0.4 is 5.32 Å². The SMILES string of the molecule is CC(C)C#CCCCNC(=O)CCC(C)C. The third kappa shape index (κ3) is 11.1. The second-order valence-electron chi connectivity index (χ2n) is 4.86. The molecule has 16 heavy (non-hydrogen) atoms. The van der Waals surface area contributed by atoms with Gasteiger partial charge in [0.05, 0.1) is 0 Å². The van der Waals surface area contributed by atoms with Crippen LogP contribution in [0.5, 0.6) is 0 Å². The summed E-state index contributed by atoms with van der Waals surface area (Å²) in [6.45, 7) is 9.19. The summed E-state index contributed by atoms with van der Waals surface area (Å²) in [5.74, 6) is 7.43. The van der Waals surface area contributed by atoms with Crippen molar-refractivity contribution >= 4 is 5.91 Å². The van der Waals surface area contributed by atoms with Gasteiger partial charge in [-0.2, -0.15) is 0 Å². The van der Waals surface area contributed by atoms with Crippen molar-refractivity contribution in [1.82, 2.24) is 5.32 Å². The number of nitrogens with one attached hydrogen (secondary N) is 1. The predicted octanol–water partition coefficient (Wildman–Crippen LogP) is 2.98. The number of unbranched alkanes of at least 4 members (excludes halogenated alkanes) is 1. The van der Waals surface area contributed by atoms with Gasteiger partial charge in [-0.1, -0.05) is 27.7 Å². The lowest BCUT2D eigenvalue weighted by molar-refractivity contribution is -0.121. The van der Waals surface area contributed by atoms with Gasteiger partial charge in [-0.3, -0.25) is 4.79 Å². The molecular weight excluding hydrogens is 198 g/mol. The van der Waals surface area contributed by atoms with E-state index >= 15 is 0 Å². The number of carbonyl (C=O) groups is 1. The summed E-state index contributed by atoms with van der Waals surface area (Å²) >= 11 is 0. The third-order valence-electron chi connectivity index (χ3n) is 2.14. The summed E-state index contributed by atoms with van der Waals surface area (Å²) in [5, 5.41) is 2.92. The van der Waals surface area contributed by atoms with Crippen LogP contribution in [0, 0.1) is 23.7 Å². The molecule has 1 N–H and O–H groups in total. The van der Waals surface area contributed by atoms with Crippen molar-refractivity contribution in [2.45, 2.75) is 53.4 Å². The molecular formula is C14H25NO. The molecule has 0 unspecified atom stereocenters. The normalized spacial score (nSPS) is 10.1. The van der Waals surface area contributed by atoms with E-state index in [2.05, 4.69) is 44.9 Å². The molecule has 1 amide bonds. The Labute approximate surface area is 100 Å². The standard InChI is InChI=1S/C14H25NO/c1-12(2)8-6-5-7-11-15-14(16)10-9-13(3)4/h12-13H,5,7,9-11H2,1-4H3,(H,15,16). The molecule has 0 bridgehead atoms. The monoisotopic (exact) mass is 223 g/mol. The van der Waals surface area contributed by atoms with E-state index in [9.17, 15) is 4.79 Å². The van der Waals surface area contributed by atoms with Gasteiger partial charge in [-0.25, -0.2) is 0 Å². The highest BCUT2D eigenvalue weighted by atomic mass is 16.1. The van der Waals surface area contributed by atoms with Gasteiger partial charge in [-0.15, -0.1) is 11.8 Å². The Kier molecular flexibility index (Phi) is 8.71. The summed E-state index contributed by atoms with van der Waals surface area (Å²) < 4.78 is 0. The topological polar surface area (TPSA) is 29.1 Å². The van der Waals surface area contributed by atoms with Gasteiger partial charge in [-0.05, 0) is 18.8 Å². The number of hydrogen-bond acceptors (Lipinski definition) is 1. The molecule has 0 heterocycles. The molecule has 2 nitrogen and oxygen atoms in total. The molecule has 0 saturated carbocycles. The number of carbonyl (C=O) groups excluding carboxylic acids is 1. The molecule has 0 aliphatic rings. The van der Waals surface area contributed by atoms with Crippen molar-refractivity contribution in [2.24, 2.45) is 11.8 Å². The maximum atomic E-state index is 11.3. The second-order valence-corrected chi connectivity index (χ2v) is 4.86. The van der Waals surface area contributed by atoms with Crippen LogP contribution in [-0.2, 0) is 4.79 Å². The van der Waals surface area contributed by atoms with E-state index in [1.165, 1.54) is 0 Å². The van der Waals surface area contributed by atoms with Crippen LogP contribution in [0.4, 0.5) is 0 Å². The highest BCUT2D eigenvalue weighted by Gasteiger charge is 2.01. The molecule has 0 aromatic heterocycles. The highest BCUT2D eigenvalue weighted by Crippen LogP contribution is 2.02. The van der Waals surface area contributed by atoms with Crippen molar-refractivity contribution in [2.75, 3.05) is 6.54 Å². The summed E-state index contributed by atoms with van der Waals surface area (Å²) in [5.41, 5.74) is 0. The largest absolute Gasteiger partial charge is 0.356 e. The van der Waals surface area contributed by atoms with Crippen LogP contribution in [-0.4, -0.2) is 12.5 Å². The number of amides is 1. The van der Waals surface area contributed by atoms with Gasteiger partial charge >= 0.3 is 0 Å². The van der Waals surface area contributed by atoms with Crippen LogP contribution in [0.15, 0.2) is 0 Å². The Morgan fingerprint density at radius 1 is 1.25 bits per heavy atom. The lowest BCUT2D eigenvalue weighted by atomic mass is 10.1. The minimum absolute atomic E-state index is 0.172. The third-order valence-corrected chi connectivity index (χ3v) is 2.14. The first-order valence-corrected chi connectivity index (χ1v) is 6.27. The maximum absolute atomic E-state index is 11.3. The molecule has 0 aromatic rings. The predicted molar refractivity (Wildman–Crippen MR) is 68.9 cm³/mol. The van der Waals surface area contributed by atoms with Crippen LogP contribution in [0.3, 0.4) is 0 Å². The minimum Gasteiger partial charge on any atom is -0.356 e. The first-order valence-electron chi connectivity index (χ1n) is 6.27. The van der Waals surface area contributed by atoms with Gasteiger partial charge in [0.2, 0.25) is 5.91 Å². The van der Waals surface area contributed by atoms with Crippen molar-refractivity contribution in [3.63, 3.8) is 0 Å². The van der Waals surface area contributed by atoms with Crippen LogP contribution >= 0.6 is 0 Å². The number of hydrogen-bond donors (Lipinski definition) is 1. The van der Waals surface area contributed by atoms with Crippen molar-refractivity contribution < 1.29 is 4.79 Å². The van der Waals surface area contributed by atoms with Crippen LogP contribution in [0.25, 0.3) is 0 Å².